The van der Waals surface area contributed by atoms with Gasteiger partial charge in [0, 0.05) is 12.6 Å². The first-order valence-electron chi connectivity index (χ1n) is 9.64. The second kappa shape index (κ2) is 7.36. The van der Waals surface area contributed by atoms with Crippen LogP contribution >= 0.6 is 0 Å². The normalized spacial score (nSPS) is 33.0. The molecule has 0 bridgehead atoms. The molecule has 3 aliphatic rings. The molecular formula is C19H29N3O2. The maximum absolute atomic E-state index is 6.21. The van der Waals surface area contributed by atoms with Gasteiger partial charge in [-0.15, -0.1) is 0 Å². The Balaban J connectivity index is 1.39. The van der Waals surface area contributed by atoms with Crippen molar-refractivity contribution < 1.29 is 9.26 Å². The van der Waals surface area contributed by atoms with Crippen LogP contribution in [0.1, 0.15) is 62.6 Å². The quantitative estimate of drug-likeness (QED) is 0.794. The molecule has 5 heteroatoms. The summed E-state index contributed by atoms with van der Waals surface area (Å²) in [5, 5.41) is 3.99. The van der Waals surface area contributed by atoms with Gasteiger partial charge in [0.05, 0.1) is 12.0 Å². The lowest BCUT2D eigenvalue weighted by Gasteiger charge is -2.42. The van der Waals surface area contributed by atoms with Crippen molar-refractivity contribution in [1.29, 1.82) is 0 Å². The van der Waals surface area contributed by atoms with Crippen LogP contribution in [0.25, 0.3) is 0 Å². The highest BCUT2D eigenvalue weighted by Gasteiger charge is 2.39. The molecule has 2 aliphatic heterocycles. The summed E-state index contributed by atoms with van der Waals surface area (Å²) < 4.78 is 11.7. The van der Waals surface area contributed by atoms with Gasteiger partial charge < -0.3 is 9.26 Å². The molecule has 3 heterocycles. The number of ether oxygens (including phenoxy) is 1. The molecule has 1 unspecified atom stereocenters. The Morgan fingerprint density at radius 1 is 1.12 bits per heavy atom. The maximum atomic E-state index is 6.21. The minimum absolute atomic E-state index is 0.252. The summed E-state index contributed by atoms with van der Waals surface area (Å²) in [5.74, 6) is 2.42. The molecule has 2 saturated heterocycles. The topological polar surface area (TPSA) is 51.4 Å². The maximum Gasteiger partial charge on any atom is 0.232 e. The largest absolute Gasteiger partial charge is 0.377 e. The fraction of sp³-hybridized carbons (Fsp3) is 0.789. The van der Waals surface area contributed by atoms with E-state index in [0.29, 0.717) is 12.0 Å². The molecule has 0 aromatic carbocycles. The number of rotatable bonds is 3. The van der Waals surface area contributed by atoms with Gasteiger partial charge in [0.15, 0.2) is 5.82 Å². The minimum Gasteiger partial charge on any atom is -0.377 e. The number of hydrogen-bond donors (Lipinski definition) is 0. The van der Waals surface area contributed by atoms with E-state index in [1.807, 2.05) is 6.92 Å². The molecule has 5 nitrogen and oxygen atoms in total. The van der Waals surface area contributed by atoms with Crippen LogP contribution in [0.15, 0.2) is 16.7 Å². The van der Waals surface area contributed by atoms with Gasteiger partial charge >= 0.3 is 0 Å². The first-order valence-corrected chi connectivity index (χ1v) is 9.64. The van der Waals surface area contributed by atoms with E-state index in [1.54, 1.807) is 0 Å². The van der Waals surface area contributed by atoms with E-state index in [2.05, 4.69) is 27.2 Å². The molecule has 0 N–H and O–H groups in total. The standard InChI is InChI=1S/C19H29N3O2/c1-14-20-19(24-21-14)17-8-5-13-23-18(17)15-9-11-22(12-10-15)16-6-3-2-4-7-16/h3,6,15-18H,2,4-5,7-13H2,1H3/t16?,17-,18+/m1/s1. The Bertz CT molecular complexity index is 563. The predicted molar refractivity (Wildman–Crippen MR) is 91.8 cm³/mol. The van der Waals surface area contributed by atoms with Gasteiger partial charge in [0.25, 0.3) is 0 Å². The number of aryl methyl sites for hydroxylation is 1. The molecule has 1 aliphatic carbocycles. The molecule has 0 spiro atoms. The number of nitrogens with zero attached hydrogens (tertiary/aromatic N) is 3. The first kappa shape index (κ1) is 16.3. The molecular weight excluding hydrogens is 302 g/mol. The number of allylic oxidation sites excluding steroid dienone is 1. The highest BCUT2D eigenvalue weighted by atomic mass is 16.5. The van der Waals surface area contributed by atoms with E-state index in [9.17, 15) is 0 Å². The van der Waals surface area contributed by atoms with E-state index in [0.717, 1.165) is 31.2 Å². The monoisotopic (exact) mass is 331 g/mol. The zero-order valence-electron chi connectivity index (χ0n) is 14.7. The van der Waals surface area contributed by atoms with Crippen LogP contribution in [0.2, 0.25) is 0 Å². The SMILES string of the molecule is Cc1noc([C@@H]2CCCO[C@H]2C2CCN(C3C=CCCC3)CC2)n1. The lowest BCUT2D eigenvalue weighted by atomic mass is 9.80. The molecule has 24 heavy (non-hydrogen) atoms. The van der Waals surface area contributed by atoms with E-state index < -0.39 is 0 Å². The Kier molecular flexibility index (Phi) is 4.99. The molecule has 3 atom stereocenters. The van der Waals surface area contributed by atoms with Gasteiger partial charge in [-0.2, -0.15) is 4.98 Å². The zero-order valence-corrected chi connectivity index (χ0v) is 14.7. The van der Waals surface area contributed by atoms with Gasteiger partial charge in [-0.05, 0) is 70.9 Å². The van der Waals surface area contributed by atoms with Crippen LogP contribution < -0.4 is 0 Å². The van der Waals surface area contributed by atoms with E-state index in [-0.39, 0.29) is 12.0 Å². The van der Waals surface area contributed by atoms with E-state index in [4.69, 9.17) is 9.26 Å². The lowest BCUT2D eigenvalue weighted by Crippen LogP contribution is -2.45. The third-order valence-electron chi connectivity index (χ3n) is 5.96. The summed E-state index contributed by atoms with van der Waals surface area (Å²) in [7, 11) is 0. The van der Waals surface area contributed by atoms with Crippen molar-refractivity contribution in [3.63, 3.8) is 0 Å². The molecule has 0 radical (unpaired) electrons. The van der Waals surface area contributed by atoms with Crippen molar-refractivity contribution in [3.8, 4) is 0 Å². The third kappa shape index (κ3) is 3.42. The summed E-state index contributed by atoms with van der Waals surface area (Å²) in [6.45, 7) is 5.14. The summed E-state index contributed by atoms with van der Waals surface area (Å²) in [4.78, 5) is 7.16. The van der Waals surface area contributed by atoms with Crippen molar-refractivity contribution in [2.24, 2.45) is 5.92 Å². The summed E-state index contributed by atoms with van der Waals surface area (Å²) in [6, 6.07) is 0.668. The van der Waals surface area contributed by atoms with Gasteiger partial charge in [0.2, 0.25) is 5.89 Å². The minimum atomic E-state index is 0.252. The molecule has 0 saturated carbocycles. The van der Waals surface area contributed by atoms with Crippen molar-refractivity contribution in [1.82, 2.24) is 15.0 Å². The van der Waals surface area contributed by atoms with Gasteiger partial charge in [-0.3, -0.25) is 4.90 Å². The first-order chi connectivity index (χ1) is 11.8. The third-order valence-corrected chi connectivity index (χ3v) is 5.96. The van der Waals surface area contributed by atoms with E-state index in [1.165, 1.54) is 45.2 Å². The van der Waals surface area contributed by atoms with Crippen molar-refractivity contribution in [2.45, 2.75) is 69.9 Å². The van der Waals surface area contributed by atoms with Gasteiger partial charge in [-0.25, -0.2) is 0 Å². The molecule has 1 aromatic heterocycles. The molecule has 4 rings (SSSR count). The summed E-state index contributed by atoms with van der Waals surface area (Å²) in [5.41, 5.74) is 0. The molecule has 2 fully saturated rings. The Morgan fingerprint density at radius 2 is 2.00 bits per heavy atom. The Labute approximate surface area is 144 Å². The highest BCUT2D eigenvalue weighted by molar-refractivity contribution is 5.03. The molecule has 0 amide bonds. The number of aromatic nitrogens is 2. The van der Waals surface area contributed by atoms with Crippen LogP contribution in [0.4, 0.5) is 0 Å². The number of likely N-dealkylation sites (tertiary alicyclic amines) is 1. The Hall–Kier alpha value is -1.20. The zero-order chi connectivity index (χ0) is 16.4. The average Bonchev–Trinajstić information content (AvgIpc) is 3.09. The fourth-order valence-corrected chi connectivity index (χ4v) is 4.67. The summed E-state index contributed by atoms with van der Waals surface area (Å²) >= 11 is 0. The fourth-order valence-electron chi connectivity index (χ4n) is 4.67. The second-order valence-electron chi connectivity index (χ2n) is 7.56. The number of hydrogen-bond acceptors (Lipinski definition) is 5. The lowest BCUT2D eigenvalue weighted by molar-refractivity contribution is -0.0597. The van der Waals surface area contributed by atoms with Crippen molar-refractivity contribution in [3.05, 3.63) is 23.9 Å². The average molecular weight is 331 g/mol. The van der Waals surface area contributed by atoms with Crippen LogP contribution in [-0.4, -0.2) is 46.9 Å². The van der Waals surface area contributed by atoms with Crippen LogP contribution in [0.3, 0.4) is 0 Å². The predicted octanol–water partition coefficient (Wildman–Crippen LogP) is 3.46. The van der Waals surface area contributed by atoms with E-state index >= 15 is 0 Å². The molecule has 132 valence electrons. The molecule has 1 aromatic rings. The van der Waals surface area contributed by atoms with Gasteiger partial charge in [-0.1, -0.05) is 17.3 Å². The van der Waals surface area contributed by atoms with Crippen molar-refractivity contribution >= 4 is 0 Å². The van der Waals surface area contributed by atoms with Gasteiger partial charge in [0.1, 0.15) is 0 Å². The highest BCUT2D eigenvalue weighted by Crippen LogP contribution is 2.38. The second-order valence-corrected chi connectivity index (χ2v) is 7.56. The van der Waals surface area contributed by atoms with Crippen LogP contribution in [-0.2, 0) is 4.74 Å². The van der Waals surface area contributed by atoms with Crippen LogP contribution in [0, 0.1) is 12.8 Å². The number of piperidine rings is 1. The Morgan fingerprint density at radius 3 is 2.71 bits per heavy atom. The smallest absolute Gasteiger partial charge is 0.232 e. The van der Waals surface area contributed by atoms with Crippen LogP contribution in [0.5, 0.6) is 0 Å². The summed E-state index contributed by atoms with van der Waals surface area (Å²) in [6.07, 6.45) is 13.6. The van der Waals surface area contributed by atoms with Crippen molar-refractivity contribution in [2.75, 3.05) is 19.7 Å².